The molecular formula is C26H24ClNO. The van der Waals surface area contributed by atoms with E-state index in [0.29, 0.717) is 6.61 Å². The summed E-state index contributed by atoms with van der Waals surface area (Å²) >= 11 is 0. The highest BCUT2D eigenvalue weighted by Gasteiger charge is 2.03. The van der Waals surface area contributed by atoms with Crippen molar-refractivity contribution in [3.63, 3.8) is 0 Å². The summed E-state index contributed by atoms with van der Waals surface area (Å²) in [7, 11) is 0. The van der Waals surface area contributed by atoms with Crippen molar-refractivity contribution in [2.24, 2.45) is 0 Å². The molecule has 0 saturated carbocycles. The predicted octanol–water partition coefficient (Wildman–Crippen LogP) is 6.76. The van der Waals surface area contributed by atoms with Crippen LogP contribution in [-0.4, -0.2) is 11.6 Å². The number of aromatic nitrogens is 1. The SMILES string of the molecule is Cc1cnc(/C=C\c2cccc3ccccc23)cc1OCCc1ccccc1.Cl. The summed E-state index contributed by atoms with van der Waals surface area (Å²) in [6.45, 7) is 2.68. The lowest BCUT2D eigenvalue weighted by atomic mass is 10.0. The summed E-state index contributed by atoms with van der Waals surface area (Å²) in [4.78, 5) is 4.53. The number of rotatable bonds is 6. The van der Waals surface area contributed by atoms with E-state index < -0.39 is 0 Å². The summed E-state index contributed by atoms with van der Waals surface area (Å²) in [6.07, 6.45) is 6.93. The van der Waals surface area contributed by atoms with Gasteiger partial charge in [-0.1, -0.05) is 78.9 Å². The second-order valence-corrected chi connectivity index (χ2v) is 6.86. The maximum Gasteiger partial charge on any atom is 0.125 e. The van der Waals surface area contributed by atoms with Crippen molar-refractivity contribution in [1.29, 1.82) is 0 Å². The molecule has 0 bridgehead atoms. The Morgan fingerprint density at radius 2 is 1.62 bits per heavy atom. The molecule has 29 heavy (non-hydrogen) atoms. The quantitative estimate of drug-likeness (QED) is 0.356. The molecule has 4 rings (SSSR count). The number of nitrogens with zero attached hydrogens (tertiary/aromatic N) is 1. The van der Waals surface area contributed by atoms with Gasteiger partial charge in [-0.25, -0.2) is 0 Å². The summed E-state index contributed by atoms with van der Waals surface area (Å²) in [5, 5.41) is 2.49. The van der Waals surface area contributed by atoms with Crippen molar-refractivity contribution < 1.29 is 4.74 Å². The summed E-state index contributed by atoms with van der Waals surface area (Å²) in [6, 6.07) is 27.2. The van der Waals surface area contributed by atoms with Crippen LogP contribution in [0.5, 0.6) is 5.75 Å². The van der Waals surface area contributed by atoms with Crippen LogP contribution in [0.1, 0.15) is 22.4 Å². The third-order valence-electron chi connectivity index (χ3n) is 4.82. The Balaban J connectivity index is 0.00000240. The molecule has 0 aliphatic rings. The summed E-state index contributed by atoms with van der Waals surface area (Å²) in [5.74, 6) is 0.892. The molecule has 0 N–H and O–H groups in total. The minimum Gasteiger partial charge on any atom is -0.493 e. The van der Waals surface area contributed by atoms with Crippen molar-refractivity contribution >= 4 is 35.3 Å². The zero-order chi connectivity index (χ0) is 19.2. The van der Waals surface area contributed by atoms with Crippen LogP contribution < -0.4 is 4.74 Å². The molecule has 0 unspecified atom stereocenters. The van der Waals surface area contributed by atoms with E-state index in [1.807, 2.05) is 31.3 Å². The van der Waals surface area contributed by atoms with Crippen LogP contribution >= 0.6 is 12.4 Å². The Labute approximate surface area is 178 Å². The van der Waals surface area contributed by atoms with E-state index in [2.05, 4.69) is 77.8 Å². The first-order chi connectivity index (χ1) is 13.8. The van der Waals surface area contributed by atoms with Crippen LogP contribution in [0.2, 0.25) is 0 Å². The second-order valence-electron chi connectivity index (χ2n) is 6.86. The average molecular weight is 402 g/mol. The van der Waals surface area contributed by atoms with Crippen molar-refractivity contribution in [3.05, 3.63) is 107 Å². The Bertz CT molecular complexity index is 1100. The number of benzene rings is 3. The van der Waals surface area contributed by atoms with Crippen LogP contribution in [0.15, 0.2) is 85.1 Å². The first-order valence-electron chi connectivity index (χ1n) is 9.59. The minimum absolute atomic E-state index is 0. The second kappa shape index (κ2) is 9.90. The van der Waals surface area contributed by atoms with E-state index in [9.17, 15) is 0 Å². The van der Waals surface area contributed by atoms with Crippen LogP contribution in [0, 0.1) is 6.92 Å². The lowest BCUT2D eigenvalue weighted by molar-refractivity contribution is 0.319. The highest BCUT2D eigenvalue weighted by Crippen LogP contribution is 2.22. The van der Waals surface area contributed by atoms with E-state index >= 15 is 0 Å². The normalized spacial score (nSPS) is 10.8. The van der Waals surface area contributed by atoms with Crippen LogP contribution in [0.25, 0.3) is 22.9 Å². The molecule has 146 valence electrons. The van der Waals surface area contributed by atoms with E-state index in [4.69, 9.17) is 4.74 Å². The van der Waals surface area contributed by atoms with Gasteiger partial charge in [0, 0.05) is 24.2 Å². The molecule has 0 atom stereocenters. The smallest absolute Gasteiger partial charge is 0.125 e. The highest BCUT2D eigenvalue weighted by atomic mass is 35.5. The Morgan fingerprint density at radius 1 is 0.862 bits per heavy atom. The first kappa shape index (κ1) is 20.6. The molecule has 0 saturated heterocycles. The van der Waals surface area contributed by atoms with Crippen LogP contribution in [0.3, 0.4) is 0 Å². The molecular weight excluding hydrogens is 378 g/mol. The fraction of sp³-hybridized carbons (Fsp3) is 0.115. The van der Waals surface area contributed by atoms with Crippen molar-refractivity contribution in [3.8, 4) is 5.75 Å². The minimum atomic E-state index is 0. The fourth-order valence-corrected chi connectivity index (χ4v) is 3.26. The molecule has 0 fully saturated rings. The Morgan fingerprint density at radius 3 is 2.48 bits per heavy atom. The monoisotopic (exact) mass is 401 g/mol. The summed E-state index contributed by atoms with van der Waals surface area (Å²) in [5.41, 5.74) is 4.42. The standard InChI is InChI=1S/C26H23NO.ClH/c1-20-19-27-24(18-26(20)28-17-16-21-8-3-2-4-9-21)15-14-23-12-7-11-22-10-5-6-13-25(22)23;/h2-15,18-19H,16-17H2,1H3;1H/b15-14-;. The van der Waals surface area contributed by atoms with Gasteiger partial charge in [-0.05, 0) is 34.9 Å². The van der Waals surface area contributed by atoms with E-state index in [1.165, 1.54) is 21.9 Å². The molecule has 3 heteroatoms. The number of halogens is 1. The van der Waals surface area contributed by atoms with Gasteiger partial charge in [-0.3, -0.25) is 4.98 Å². The van der Waals surface area contributed by atoms with Crippen molar-refractivity contribution in [2.45, 2.75) is 13.3 Å². The molecule has 0 aliphatic carbocycles. The topological polar surface area (TPSA) is 22.1 Å². The van der Waals surface area contributed by atoms with Gasteiger partial charge in [-0.15, -0.1) is 12.4 Å². The van der Waals surface area contributed by atoms with E-state index in [-0.39, 0.29) is 12.4 Å². The lowest BCUT2D eigenvalue weighted by Crippen LogP contribution is -2.03. The van der Waals surface area contributed by atoms with Gasteiger partial charge in [0.1, 0.15) is 5.75 Å². The van der Waals surface area contributed by atoms with Crippen molar-refractivity contribution in [2.75, 3.05) is 6.61 Å². The fourth-order valence-electron chi connectivity index (χ4n) is 3.26. The number of hydrogen-bond donors (Lipinski definition) is 0. The first-order valence-corrected chi connectivity index (χ1v) is 9.59. The van der Waals surface area contributed by atoms with Gasteiger partial charge in [0.25, 0.3) is 0 Å². The molecule has 0 spiro atoms. The third kappa shape index (κ3) is 5.24. The van der Waals surface area contributed by atoms with Gasteiger partial charge < -0.3 is 4.74 Å². The Hall–Kier alpha value is -3.10. The number of aryl methyl sites for hydroxylation is 1. The molecule has 0 aliphatic heterocycles. The van der Waals surface area contributed by atoms with Gasteiger partial charge >= 0.3 is 0 Å². The van der Waals surface area contributed by atoms with Gasteiger partial charge in [-0.2, -0.15) is 0 Å². The van der Waals surface area contributed by atoms with Gasteiger partial charge in [0.2, 0.25) is 0 Å². The molecule has 4 aromatic rings. The molecule has 1 aromatic heterocycles. The third-order valence-corrected chi connectivity index (χ3v) is 4.82. The summed E-state index contributed by atoms with van der Waals surface area (Å²) < 4.78 is 6.03. The van der Waals surface area contributed by atoms with Crippen molar-refractivity contribution in [1.82, 2.24) is 4.98 Å². The van der Waals surface area contributed by atoms with E-state index in [1.54, 1.807) is 0 Å². The van der Waals surface area contributed by atoms with E-state index in [0.717, 1.165) is 23.4 Å². The van der Waals surface area contributed by atoms with Crippen LogP contribution in [0.4, 0.5) is 0 Å². The molecule has 3 aromatic carbocycles. The number of fused-ring (bicyclic) bond motifs is 1. The van der Waals surface area contributed by atoms with Crippen LogP contribution in [-0.2, 0) is 6.42 Å². The molecule has 1 heterocycles. The molecule has 0 radical (unpaired) electrons. The average Bonchev–Trinajstić information content (AvgIpc) is 2.75. The number of ether oxygens (including phenoxy) is 1. The van der Waals surface area contributed by atoms with Gasteiger partial charge in [0.15, 0.2) is 0 Å². The molecule has 0 amide bonds. The number of pyridine rings is 1. The predicted molar refractivity (Wildman–Crippen MR) is 125 cm³/mol. The lowest BCUT2D eigenvalue weighted by Gasteiger charge is -2.10. The number of hydrogen-bond acceptors (Lipinski definition) is 2. The maximum absolute atomic E-state index is 6.03. The van der Waals surface area contributed by atoms with Gasteiger partial charge in [0.05, 0.1) is 12.3 Å². The zero-order valence-electron chi connectivity index (χ0n) is 16.4. The molecule has 2 nitrogen and oxygen atoms in total. The highest BCUT2D eigenvalue weighted by molar-refractivity contribution is 5.92. The maximum atomic E-state index is 6.03. The zero-order valence-corrected chi connectivity index (χ0v) is 17.2. The largest absolute Gasteiger partial charge is 0.493 e. The Kier molecular flexibility index (Phi) is 7.04.